The molecule has 0 spiro atoms. The van der Waals surface area contributed by atoms with Gasteiger partial charge in [0, 0.05) is 15.7 Å². The third-order valence-corrected chi connectivity index (χ3v) is 4.95. The number of halogens is 1. The fourth-order valence-corrected chi connectivity index (χ4v) is 3.29. The van der Waals surface area contributed by atoms with Gasteiger partial charge in [-0.3, -0.25) is 9.59 Å². The van der Waals surface area contributed by atoms with E-state index in [9.17, 15) is 9.59 Å². The normalized spacial score (nSPS) is 21.2. The zero-order valence-electron chi connectivity index (χ0n) is 12.2. The number of hydrogen-bond acceptors (Lipinski definition) is 3. The Morgan fingerprint density at radius 1 is 1.05 bits per heavy atom. The molecule has 0 bridgehead atoms. The summed E-state index contributed by atoms with van der Waals surface area (Å²) in [5, 5.41) is 3.11. The van der Waals surface area contributed by atoms with Crippen LogP contribution in [0, 0.1) is 10.5 Å². The molecule has 3 rings (SSSR count). The van der Waals surface area contributed by atoms with Crippen molar-refractivity contribution in [2.75, 3.05) is 5.32 Å². The fourth-order valence-electron chi connectivity index (χ4n) is 2.75. The summed E-state index contributed by atoms with van der Waals surface area (Å²) in [6.07, 6.45) is 0.281. The molecule has 1 fully saturated rings. The highest BCUT2D eigenvalue weighted by Gasteiger charge is 2.41. The number of hydrogen-bond donors (Lipinski definition) is 1. The van der Waals surface area contributed by atoms with Crippen LogP contribution in [0.15, 0.2) is 48.5 Å². The van der Waals surface area contributed by atoms with Crippen LogP contribution in [0.2, 0.25) is 0 Å². The minimum absolute atomic E-state index is 0.0322. The van der Waals surface area contributed by atoms with Gasteiger partial charge in [-0.05, 0) is 47.2 Å². The van der Waals surface area contributed by atoms with Crippen molar-refractivity contribution < 1.29 is 9.59 Å². The van der Waals surface area contributed by atoms with E-state index in [0.29, 0.717) is 0 Å². The molecule has 2 aromatic carbocycles. The lowest BCUT2D eigenvalue weighted by Crippen LogP contribution is -2.32. The number of benzene rings is 2. The zero-order chi connectivity index (χ0) is 15.7. The van der Waals surface area contributed by atoms with Crippen LogP contribution in [0.5, 0.6) is 0 Å². The average Bonchev–Trinajstić information content (AvgIpc) is 2.78. The first-order valence-corrected chi connectivity index (χ1v) is 8.28. The van der Waals surface area contributed by atoms with Crippen molar-refractivity contribution in [2.24, 2.45) is 0 Å². The molecule has 3 nitrogen and oxygen atoms in total. The Morgan fingerprint density at radius 3 is 2.41 bits per heavy atom. The number of rotatable bonds is 3. The van der Waals surface area contributed by atoms with Gasteiger partial charge in [0.1, 0.15) is 6.04 Å². The molecule has 0 saturated heterocycles. The van der Waals surface area contributed by atoms with Crippen LogP contribution in [0.1, 0.15) is 23.5 Å². The van der Waals surface area contributed by atoms with Gasteiger partial charge in [-0.15, -0.1) is 0 Å². The first-order chi connectivity index (χ1) is 10.6. The number of nitrogens with one attached hydrogen (secondary N) is 1. The number of carbonyl (C=O) groups excluding carboxylic acids is 2. The molecule has 0 amide bonds. The third-order valence-electron chi connectivity index (χ3n) is 4.01. The van der Waals surface area contributed by atoms with Gasteiger partial charge < -0.3 is 5.32 Å². The lowest BCUT2D eigenvalue weighted by atomic mass is 9.95. The van der Waals surface area contributed by atoms with Crippen LogP contribution in [0.3, 0.4) is 0 Å². The number of para-hydroxylation sites is 1. The van der Waals surface area contributed by atoms with Gasteiger partial charge in [-0.1, -0.05) is 42.0 Å². The molecule has 0 aromatic heterocycles. The predicted molar refractivity (Wildman–Crippen MR) is 95.1 cm³/mol. The molecule has 2 atom stereocenters. The highest BCUT2D eigenvalue weighted by molar-refractivity contribution is 14.1. The summed E-state index contributed by atoms with van der Waals surface area (Å²) in [6, 6.07) is 14.8. The van der Waals surface area contributed by atoms with Crippen LogP contribution in [-0.4, -0.2) is 17.6 Å². The topological polar surface area (TPSA) is 46.2 Å². The van der Waals surface area contributed by atoms with Crippen molar-refractivity contribution in [2.45, 2.75) is 25.3 Å². The van der Waals surface area contributed by atoms with E-state index >= 15 is 0 Å². The Hall–Kier alpha value is -1.69. The van der Waals surface area contributed by atoms with E-state index in [2.05, 4.69) is 27.9 Å². The summed E-state index contributed by atoms with van der Waals surface area (Å²) in [5.74, 6) is -0.393. The summed E-state index contributed by atoms with van der Waals surface area (Å²) in [4.78, 5) is 24.9. The molecule has 0 radical (unpaired) electrons. The van der Waals surface area contributed by atoms with Gasteiger partial charge in [0.25, 0.3) is 0 Å². The van der Waals surface area contributed by atoms with E-state index in [0.717, 1.165) is 20.4 Å². The Morgan fingerprint density at radius 2 is 1.73 bits per heavy atom. The highest BCUT2D eigenvalue weighted by Crippen LogP contribution is 2.31. The molecular formula is C18H16INO2. The van der Waals surface area contributed by atoms with Crippen molar-refractivity contribution in [3.05, 3.63) is 63.2 Å². The van der Waals surface area contributed by atoms with Crippen LogP contribution >= 0.6 is 22.6 Å². The first-order valence-electron chi connectivity index (χ1n) is 7.20. The van der Waals surface area contributed by atoms with Gasteiger partial charge in [0.2, 0.25) is 0 Å². The maximum absolute atomic E-state index is 12.6. The van der Waals surface area contributed by atoms with E-state index in [-0.39, 0.29) is 23.9 Å². The standard InChI is InChI=1S/C18H16INO2/c1-11-6-8-12(9-7-11)13-10-16(21)17(18(13)22)20-15-5-3-2-4-14(15)19/h2-9,13,17,20H,10H2,1H3/t13-,17-/m1/s1. The monoisotopic (exact) mass is 405 g/mol. The van der Waals surface area contributed by atoms with E-state index in [1.807, 2.05) is 55.5 Å². The van der Waals surface area contributed by atoms with Crippen LogP contribution in [0.4, 0.5) is 5.69 Å². The Labute approximate surface area is 143 Å². The number of anilines is 1. The number of carbonyl (C=O) groups is 2. The van der Waals surface area contributed by atoms with E-state index in [1.54, 1.807) is 0 Å². The van der Waals surface area contributed by atoms with Gasteiger partial charge in [-0.25, -0.2) is 0 Å². The molecular weight excluding hydrogens is 389 g/mol. The van der Waals surface area contributed by atoms with Crippen molar-refractivity contribution in [3.8, 4) is 0 Å². The summed E-state index contributed by atoms with van der Waals surface area (Å²) >= 11 is 2.20. The van der Waals surface area contributed by atoms with Crippen LogP contribution in [-0.2, 0) is 9.59 Å². The van der Waals surface area contributed by atoms with E-state index < -0.39 is 6.04 Å². The average molecular weight is 405 g/mol. The Balaban J connectivity index is 1.83. The van der Waals surface area contributed by atoms with E-state index in [1.165, 1.54) is 0 Å². The quantitative estimate of drug-likeness (QED) is 0.626. The smallest absolute Gasteiger partial charge is 0.170 e. The molecule has 1 aliphatic rings. The largest absolute Gasteiger partial charge is 0.368 e. The molecule has 4 heteroatoms. The number of ketones is 2. The van der Waals surface area contributed by atoms with Gasteiger partial charge in [0.05, 0.1) is 5.92 Å². The maximum atomic E-state index is 12.6. The second kappa shape index (κ2) is 6.20. The SMILES string of the molecule is Cc1ccc([C@H]2CC(=O)[C@@H](Nc3ccccc3I)C2=O)cc1. The predicted octanol–water partition coefficient (Wildman–Crippen LogP) is 3.71. The van der Waals surface area contributed by atoms with Crippen LogP contribution < -0.4 is 5.32 Å². The second-order valence-corrected chi connectivity index (χ2v) is 6.76. The molecule has 0 aliphatic heterocycles. The minimum Gasteiger partial charge on any atom is -0.368 e. The molecule has 0 heterocycles. The highest BCUT2D eigenvalue weighted by atomic mass is 127. The number of Topliss-reactive ketones (excluding diaryl/α,β-unsaturated/α-hetero) is 2. The van der Waals surface area contributed by atoms with Crippen molar-refractivity contribution in [1.29, 1.82) is 0 Å². The lowest BCUT2D eigenvalue weighted by molar-refractivity contribution is -0.123. The van der Waals surface area contributed by atoms with Crippen molar-refractivity contribution in [3.63, 3.8) is 0 Å². The first kappa shape index (κ1) is 15.2. The minimum atomic E-state index is -0.734. The lowest BCUT2D eigenvalue weighted by Gasteiger charge is -2.14. The third kappa shape index (κ3) is 2.92. The van der Waals surface area contributed by atoms with Gasteiger partial charge in [-0.2, -0.15) is 0 Å². The van der Waals surface area contributed by atoms with Crippen molar-refractivity contribution in [1.82, 2.24) is 0 Å². The summed E-state index contributed by atoms with van der Waals surface area (Å²) in [5.41, 5.74) is 2.91. The second-order valence-electron chi connectivity index (χ2n) is 5.59. The summed E-state index contributed by atoms with van der Waals surface area (Å²) in [7, 11) is 0. The Kier molecular flexibility index (Phi) is 4.29. The molecule has 2 aromatic rings. The molecule has 1 aliphatic carbocycles. The molecule has 0 unspecified atom stereocenters. The molecule has 1 saturated carbocycles. The fraction of sp³-hybridized carbons (Fsp3) is 0.222. The van der Waals surface area contributed by atoms with Gasteiger partial charge >= 0.3 is 0 Å². The van der Waals surface area contributed by atoms with Crippen LogP contribution in [0.25, 0.3) is 0 Å². The number of aryl methyl sites for hydroxylation is 1. The summed E-state index contributed by atoms with van der Waals surface area (Å²) < 4.78 is 1.000. The Bertz CT molecular complexity index is 724. The van der Waals surface area contributed by atoms with Gasteiger partial charge in [0.15, 0.2) is 11.6 Å². The molecule has 1 N–H and O–H groups in total. The van der Waals surface area contributed by atoms with Crippen molar-refractivity contribution >= 4 is 39.8 Å². The summed E-state index contributed by atoms with van der Waals surface area (Å²) in [6.45, 7) is 2.01. The zero-order valence-corrected chi connectivity index (χ0v) is 14.3. The molecule has 22 heavy (non-hydrogen) atoms. The maximum Gasteiger partial charge on any atom is 0.170 e. The molecule has 112 valence electrons. The van der Waals surface area contributed by atoms with E-state index in [4.69, 9.17) is 0 Å².